The van der Waals surface area contributed by atoms with Crippen LogP contribution in [-0.4, -0.2) is 5.91 Å². The number of nitrogens with one attached hydrogen (secondary N) is 1. The van der Waals surface area contributed by atoms with Crippen molar-refractivity contribution in [3.63, 3.8) is 0 Å². The lowest BCUT2D eigenvalue weighted by atomic mass is 10.3. The van der Waals surface area contributed by atoms with Crippen LogP contribution in [0.15, 0.2) is 40.8 Å². The lowest BCUT2D eigenvalue weighted by Crippen LogP contribution is -2.12. The second kappa shape index (κ2) is 7.67. The molecule has 0 fully saturated rings. The van der Waals surface area contributed by atoms with Crippen LogP contribution in [0.2, 0.25) is 0 Å². The second-order valence-electron chi connectivity index (χ2n) is 5.43. The average molecular weight is 401 g/mol. The Hall–Kier alpha value is -3.43. The van der Waals surface area contributed by atoms with Gasteiger partial charge in [-0.3, -0.25) is 4.79 Å². The summed E-state index contributed by atoms with van der Waals surface area (Å²) in [7, 11) is 0. The van der Waals surface area contributed by atoms with E-state index in [9.17, 15) is 31.1 Å². The van der Waals surface area contributed by atoms with Crippen LogP contribution >= 0.6 is 0 Å². The minimum Gasteiger partial charge on any atom is -0.479 e. The van der Waals surface area contributed by atoms with Crippen molar-refractivity contribution < 1.29 is 40.3 Å². The first-order chi connectivity index (χ1) is 13.3. The second-order valence-corrected chi connectivity index (χ2v) is 5.43. The number of ether oxygens (including phenoxy) is 1. The summed E-state index contributed by atoms with van der Waals surface area (Å²) in [5.41, 5.74) is -0.432. The molecule has 0 unspecified atom stereocenters. The molecule has 0 atom stereocenters. The molecule has 1 amide bonds. The fraction of sp³-hybridized carbons (Fsp3) is 0.0556. The Labute approximate surface area is 153 Å². The SMILES string of the molecule is O=C(Nc1cc(F)ccc1F)c1ccc(COc2c(F)c(F)cc(F)c2F)o1. The number of benzene rings is 2. The van der Waals surface area contributed by atoms with E-state index in [4.69, 9.17) is 9.15 Å². The van der Waals surface area contributed by atoms with Crippen LogP contribution in [0.3, 0.4) is 0 Å². The molecular formula is C18H9F6NO3. The van der Waals surface area contributed by atoms with E-state index in [2.05, 4.69) is 5.32 Å². The third-order valence-electron chi connectivity index (χ3n) is 3.49. The number of rotatable bonds is 5. The Morgan fingerprint density at radius 1 is 0.893 bits per heavy atom. The van der Waals surface area contributed by atoms with Crippen LogP contribution in [0.5, 0.6) is 5.75 Å². The van der Waals surface area contributed by atoms with Gasteiger partial charge >= 0.3 is 0 Å². The van der Waals surface area contributed by atoms with E-state index < -0.39 is 58.9 Å². The van der Waals surface area contributed by atoms with Gasteiger partial charge in [0.1, 0.15) is 24.0 Å². The minimum atomic E-state index is -1.73. The van der Waals surface area contributed by atoms with Crippen molar-refractivity contribution in [3.05, 3.63) is 82.8 Å². The molecular weight excluding hydrogens is 392 g/mol. The maximum Gasteiger partial charge on any atom is 0.291 e. The fourth-order valence-corrected chi connectivity index (χ4v) is 2.18. The highest BCUT2D eigenvalue weighted by Gasteiger charge is 2.21. The van der Waals surface area contributed by atoms with Crippen LogP contribution in [0.25, 0.3) is 0 Å². The number of carbonyl (C=O) groups is 1. The average Bonchev–Trinajstić information content (AvgIpc) is 3.12. The Kier molecular flexibility index (Phi) is 5.30. The highest BCUT2D eigenvalue weighted by Crippen LogP contribution is 2.27. The van der Waals surface area contributed by atoms with Gasteiger partial charge in [-0.05, 0) is 24.3 Å². The number of amides is 1. The molecule has 1 heterocycles. The summed E-state index contributed by atoms with van der Waals surface area (Å²) in [5.74, 6) is -11.1. The number of carbonyl (C=O) groups excluding carboxylic acids is 1. The molecule has 2 aromatic carbocycles. The monoisotopic (exact) mass is 401 g/mol. The largest absolute Gasteiger partial charge is 0.479 e. The van der Waals surface area contributed by atoms with Crippen molar-refractivity contribution in [2.75, 3.05) is 5.32 Å². The first kappa shape index (κ1) is 19.3. The third kappa shape index (κ3) is 3.95. The summed E-state index contributed by atoms with van der Waals surface area (Å²) in [5, 5.41) is 2.08. The lowest BCUT2D eigenvalue weighted by molar-refractivity contribution is 0.0991. The molecule has 4 nitrogen and oxygen atoms in total. The highest BCUT2D eigenvalue weighted by molar-refractivity contribution is 6.02. The molecule has 0 bridgehead atoms. The van der Waals surface area contributed by atoms with Gasteiger partial charge < -0.3 is 14.5 Å². The van der Waals surface area contributed by atoms with Crippen LogP contribution in [0, 0.1) is 34.9 Å². The van der Waals surface area contributed by atoms with Gasteiger partial charge in [-0.25, -0.2) is 17.6 Å². The highest BCUT2D eigenvalue weighted by atomic mass is 19.2. The zero-order chi connectivity index (χ0) is 20.4. The van der Waals surface area contributed by atoms with Gasteiger partial charge in [0.05, 0.1) is 5.69 Å². The first-order valence-electron chi connectivity index (χ1n) is 7.57. The summed E-state index contributed by atoms with van der Waals surface area (Å²) >= 11 is 0. The molecule has 3 rings (SSSR count). The van der Waals surface area contributed by atoms with E-state index in [0.717, 1.165) is 24.3 Å². The number of furan rings is 1. The lowest BCUT2D eigenvalue weighted by Gasteiger charge is -2.08. The molecule has 3 aromatic rings. The summed E-state index contributed by atoms with van der Waals surface area (Å²) in [6.07, 6.45) is 0. The Morgan fingerprint density at radius 2 is 1.57 bits per heavy atom. The Bertz CT molecular complexity index is 1020. The van der Waals surface area contributed by atoms with E-state index in [1.165, 1.54) is 6.07 Å². The fourth-order valence-electron chi connectivity index (χ4n) is 2.18. The van der Waals surface area contributed by atoms with Gasteiger partial charge in [-0.15, -0.1) is 0 Å². The first-order valence-corrected chi connectivity index (χ1v) is 7.57. The van der Waals surface area contributed by atoms with Crippen LogP contribution in [0.1, 0.15) is 16.3 Å². The van der Waals surface area contributed by atoms with E-state index in [0.29, 0.717) is 0 Å². The van der Waals surface area contributed by atoms with E-state index >= 15 is 0 Å². The zero-order valence-electron chi connectivity index (χ0n) is 13.7. The van der Waals surface area contributed by atoms with Crippen molar-refractivity contribution in [3.8, 4) is 5.75 Å². The number of halogens is 6. The molecule has 0 aliphatic carbocycles. The Balaban J connectivity index is 1.71. The smallest absolute Gasteiger partial charge is 0.291 e. The predicted molar refractivity (Wildman–Crippen MR) is 83.6 cm³/mol. The minimum absolute atomic E-state index is 0.0262. The van der Waals surface area contributed by atoms with E-state index in [-0.39, 0.29) is 17.6 Å². The summed E-state index contributed by atoms with van der Waals surface area (Å²) in [4.78, 5) is 12.0. The molecule has 10 heteroatoms. The van der Waals surface area contributed by atoms with Crippen molar-refractivity contribution >= 4 is 11.6 Å². The summed E-state index contributed by atoms with van der Waals surface area (Å²) < 4.78 is 89.7. The molecule has 1 N–H and O–H groups in total. The van der Waals surface area contributed by atoms with Crippen LogP contribution < -0.4 is 10.1 Å². The normalized spacial score (nSPS) is 10.8. The molecule has 0 spiro atoms. The maximum absolute atomic E-state index is 13.5. The predicted octanol–water partition coefficient (Wildman–Crippen LogP) is 4.95. The third-order valence-corrected chi connectivity index (χ3v) is 3.49. The quantitative estimate of drug-likeness (QED) is 0.487. The van der Waals surface area contributed by atoms with E-state index in [1.807, 2.05) is 0 Å². The standard InChI is InChI=1S/C18H9F6NO3/c19-8-1-3-10(20)13(5-8)25-18(26)14-4-2-9(28-14)7-27-17-15(23)11(21)6-12(22)16(17)24/h1-6H,7H2,(H,25,26). The number of anilines is 1. The van der Waals surface area contributed by atoms with Crippen LogP contribution in [-0.2, 0) is 6.61 Å². The Morgan fingerprint density at radius 3 is 2.25 bits per heavy atom. The van der Waals surface area contributed by atoms with Crippen LogP contribution in [0.4, 0.5) is 32.0 Å². The summed E-state index contributed by atoms with van der Waals surface area (Å²) in [6.45, 7) is -0.668. The molecule has 0 saturated carbocycles. The molecule has 28 heavy (non-hydrogen) atoms. The van der Waals surface area contributed by atoms with Gasteiger partial charge in [0.2, 0.25) is 11.6 Å². The van der Waals surface area contributed by atoms with Crippen molar-refractivity contribution in [1.82, 2.24) is 0 Å². The molecule has 0 saturated heterocycles. The number of hydrogen-bond donors (Lipinski definition) is 1. The van der Waals surface area contributed by atoms with Gasteiger partial charge in [0.25, 0.3) is 5.91 Å². The van der Waals surface area contributed by atoms with Gasteiger partial charge in [0, 0.05) is 12.1 Å². The van der Waals surface area contributed by atoms with E-state index in [1.54, 1.807) is 0 Å². The molecule has 0 aliphatic rings. The van der Waals surface area contributed by atoms with Crippen molar-refractivity contribution in [2.24, 2.45) is 0 Å². The molecule has 1 aromatic heterocycles. The topological polar surface area (TPSA) is 51.5 Å². The van der Waals surface area contributed by atoms with Crippen molar-refractivity contribution in [1.29, 1.82) is 0 Å². The van der Waals surface area contributed by atoms with Crippen molar-refractivity contribution in [2.45, 2.75) is 6.61 Å². The molecule has 146 valence electrons. The van der Waals surface area contributed by atoms with Gasteiger partial charge in [-0.2, -0.15) is 8.78 Å². The molecule has 0 radical (unpaired) electrons. The maximum atomic E-state index is 13.5. The zero-order valence-corrected chi connectivity index (χ0v) is 13.7. The van der Waals surface area contributed by atoms with Gasteiger partial charge in [-0.1, -0.05) is 0 Å². The molecule has 0 aliphatic heterocycles. The van der Waals surface area contributed by atoms with Gasteiger partial charge in [0.15, 0.2) is 23.1 Å². The number of hydrogen-bond acceptors (Lipinski definition) is 3. The summed E-state index contributed by atoms with van der Waals surface area (Å²) in [6, 6.07) is 4.77.